The number of amides is 2. The summed E-state index contributed by atoms with van der Waals surface area (Å²) in [5.41, 5.74) is 2.45. The number of hydrogen-bond acceptors (Lipinski definition) is 4. The number of carbonyl (C=O) groups excluding carboxylic acids is 2. The van der Waals surface area contributed by atoms with E-state index in [1.54, 1.807) is 47.3 Å². The van der Waals surface area contributed by atoms with Gasteiger partial charge in [-0.1, -0.05) is 43.7 Å². The molecule has 7 nitrogen and oxygen atoms in total. The van der Waals surface area contributed by atoms with Gasteiger partial charge >= 0.3 is 5.91 Å². The second kappa shape index (κ2) is 9.46. The van der Waals surface area contributed by atoms with Crippen LogP contribution in [-0.4, -0.2) is 21.6 Å². The van der Waals surface area contributed by atoms with Crippen molar-refractivity contribution in [3.05, 3.63) is 101 Å². The zero-order valence-corrected chi connectivity index (χ0v) is 20.7. The smallest absolute Gasteiger partial charge is 0.331 e. The van der Waals surface area contributed by atoms with E-state index in [0.717, 1.165) is 16.0 Å². The van der Waals surface area contributed by atoms with Crippen LogP contribution in [0.15, 0.2) is 73.1 Å². The second-order valence-corrected chi connectivity index (χ2v) is 9.04. The Kier molecular flexibility index (Phi) is 6.17. The number of carbonyl (C=O) groups is 2. The van der Waals surface area contributed by atoms with Gasteiger partial charge in [0.25, 0.3) is 11.6 Å². The number of imide groups is 1. The van der Waals surface area contributed by atoms with Crippen molar-refractivity contribution >= 4 is 28.8 Å². The van der Waals surface area contributed by atoms with Crippen molar-refractivity contribution in [2.45, 2.75) is 33.6 Å². The molecule has 1 aliphatic heterocycles. The minimum Gasteiger partial charge on any atom is -0.858 e. The van der Waals surface area contributed by atoms with E-state index in [4.69, 9.17) is 0 Å². The average molecular weight is 497 g/mol. The van der Waals surface area contributed by atoms with Crippen LogP contribution >= 0.6 is 0 Å². The lowest BCUT2D eigenvalue weighted by Gasteiger charge is -2.16. The summed E-state index contributed by atoms with van der Waals surface area (Å²) < 4.78 is 17.6. The van der Waals surface area contributed by atoms with Crippen LogP contribution < -0.4 is 14.6 Å². The average Bonchev–Trinajstić information content (AvgIpc) is 3.31. The lowest BCUT2D eigenvalue weighted by Crippen LogP contribution is -2.40. The molecule has 2 aromatic carbocycles. The first-order chi connectivity index (χ1) is 17.8. The first-order valence-electron chi connectivity index (χ1n) is 12.0. The summed E-state index contributed by atoms with van der Waals surface area (Å²) in [6, 6.07) is 16.4. The highest BCUT2D eigenvalue weighted by Gasteiger charge is 2.48. The third-order valence-corrected chi connectivity index (χ3v) is 6.20. The van der Waals surface area contributed by atoms with Crippen molar-refractivity contribution in [1.82, 2.24) is 9.78 Å². The molecular weight excluding hydrogens is 471 g/mol. The van der Waals surface area contributed by atoms with E-state index >= 15 is 0 Å². The molecule has 0 spiro atoms. The van der Waals surface area contributed by atoms with Crippen molar-refractivity contribution in [3.63, 3.8) is 0 Å². The molecule has 0 aliphatic carbocycles. The van der Waals surface area contributed by atoms with E-state index in [1.165, 1.54) is 22.9 Å². The molecular formula is C29H25FN4O3. The molecule has 3 heterocycles. The molecule has 4 aromatic rings. The standard InChI is InChI=1S/C29H25FN4O3/c1-4-10-22-24(28(36)34(31-22)20-11-6-5-7-12-20)25-26(32-16-18(2)15-19(3)17-32)29(37)33(27(25)35)23-14-9-8-13-21(23)30/h5-9,11-17H,4,10H2,1-3H3. The van der Waals surface area contributed by atoms with Crippen molar-refractivity contribution in [1.29, 1.82) is 0 Å². The van der Waals surface area contributed by atoms with Gasteiger partial charge in [0.15, 0.2) is 12.4 Å². The van der Waals surface area contributed by atoms with E-state index < -0.39 is 23.5 Å². The van der Waals surface area contributed by atoms with Crippen molar-refractivity contribution in [2.24, 2.45) is 0 Å². The van der Waals surface area contributed by atoms with E-state index in [1.807, 2.05) is 32.9 Å². The highest BCUT2D eigenvalue weighted by molar-refractivity contribution is 6.53. The van der Waals surface area contributed by atoms with Crippen LogP contribution in [0.1, 0.15) is 35.7 Å². The monoisotopic (exact) mass is 496 g/mol. The van der Waals surface area contributed by atoms with E-state index in [2.05, 4.69) is 5.10 Å². The highest BCUT2D eigenvalue weighted by atomic mass is 19.1. The number of nitrogens with zero attached hydrogens (tertiary/aromatic N) is 4. The Labute approximate surface area is 213 Å². The molecule has 0 saturated carbocycles. The fourth-order valence-electron chi connectivity index (χ4n) is 4.73. The molecule has 0 N–H and O–H groups in total. The summed E-state index contributed by atoms with van der Waals surface area (Å²) >= 11 is 0. The predicted octanol–water partition coefficient (Wildman–Crippen LogP) is 3.88. The highest BCUT2D eigenvalue weighted by Crippen LogP contribution is 2.39. The van der Waals surface area contributed by atoms with Crippen molar-refractivity contribution < 1.29 is 23.7 Å². The van der Waals surface area contributed by atoms with E-state index in [-0.39, 0.29) is 22.5 Å². The summed E-state index contributed by atoms with van der Waals surface area (Å²) in [7, 11) is 0. The number of aryl methyl sites for hydroxylation is 3. The Hall–Kier alpha value is -4.59. The minimum atomic E-state index is -0.765. The summed E-state index contributed by atoms with van der Waals surface area (Å²) in [6.07, 6.45) is 4.50. The van der Waals surface area contributed by atoms with Gasteiger partial charge in [-0.15, -0.1) is 0 Å². The molecule has 2 aromatic heterocycles. The molecule has 0 saturated heterocycles. The van der Waals surface area contributed by atoms with Gasteiger partial charge in [0.05, 0.1) is 17.1 Å². The van der Waals surface area contributed by atoms with E-state index in [9.17, 15) is 19.1 Å². The molecule has 8 heteroatoms. The molecule has 0 atom stereocenters. The van der Waals surface area contributed by atoms with Gasteiger partial charge in [0.1, 0.15) is 11.4 Å². The Morgan fingerprint density at radius 3 is 2.24 bits per heavy atom. The van der Waals surface area contributed by atoms with Gasteiger partial charge < -0.3 is 5.11 Å². The number of aromatic nitrogens is 3. The van der Waals surface area contributed by atoms with Gasteiger partial charge in [-0.3, -0.25) is 9.59 Å². The fraction of sp³-hybridized carbons (Fsp3) is 0.172. The van der Waals surface area contributed by atoms with Gasteiger partial charge in [-0.2, -0.15) is 9.67 Å². The third kappa shape index (κ3) is 4.10. The van der Waals surface area contributed by atoms with Crippen molar-refractivity contribution in [2.75, 3.05) is 4.90 Å². The van der Waals surface area contributed by atoms with Crippen LogP contribution in [0.25, 0.3) is 17.0 Å². The summed E-state index contributed by atoms with van der Waals surface area (Å²) in [6.45, 7) is 5.68. The zero-order chi connectivity index (χ0) is 26.3. The largest absolute Gasteiger partial charge is 0.858 e. The normalized spacial score (nSPS) is 13.7. The van der Waals surface area contributed by atoms with Gasteiger partial charge in [0, 0.05) is 16.7 Å². The molecule has 37 heavy (non-hydrogen) atoms. The van der Waals surface area contributed by atoms with Crippen molar-refractivity contribution in [3.8, 4) is 11.6 Å². The lowest BCUT2D eigenvalue weighted by atomic mass is 10.0. The molecule has 1 aliphatic rings. The van der Waals surface area contributed by atoms with E-state index in [0.29, 0.717) is 24.2 Å². The number of halogens is 1. The Morgan fingerprint density at radius 1 is 0.946 bits per heavy atom. The maximum absolute atomic E-state index is 14.8. The van der Waals surface area contributed by atoms with Crippen LogP contribution in [0.5, 0.6) is 5.88 Å². The Morgan fingerprint density at radius 2 is 1.59 bits per heavy atom. The molecule has 2 amide bonds. The number of para-hydroxylation sites is 2. The van der Waals surface area contributed by atoms with Crippen LogP contribution in [0.4, 0.5) is 10.1 Å². The minimum absolute atomic E-state index is 0.0119. The fourth-order valence-corrected chi connectivity index (χ4v) is 4.73. The maximum Gasteiger partial charge on any atom is 0.331 e. The first-order valence-corrected chi connectivity index (χ1v) is 12.0. The lowest BCUT2D eigenvalue weighted by molar-refractivity contribution is -0.577. The van der Waals surface area contributed by atoms with Gasteiger partial charge in [-0.05, 0) is 56.5 Å². The maximum atomic E-state index is 14.8. The third-order valence-electron chi connectivity index (χ3n) is 6.20. The second-order valence-electron chi connectivity index (χ2n) is 9.04. The zero-order valence-electron chi connectivity index (χ0n) is 20.7. The molecule has 0 fully saturated rings. The molecule has 0 bridgehead atoms. The number of rotatable bonds is 6. The Bertz CT molecular complexity index is 1550. The predicted molar refractivity (Wildman–Crippen MR) is 135 cm³/mol. The summed E-state index contributed by atoms with van der Waals surface area (Å²) in [5.74, 6) is -2.71. The molecule has 186 valence electrons. The molecule has 0 radical (unpaired) electrons. The number of pyridine rings is 1. The summed E-state index contributed by atoms with van der Waals surface area (Å²) in [4.78, 5) is 28.6. The number of hydrogen-bond donors (Lipinski definition) is 0. The van der Waals surface area contributed by atoms with Crippen LogP contribution in [-0.2, 0) is 16.0 Å². The molecule has 5 rings (SSSR count). The Balaban J connectivity index is 1.82. The summed E-state index contributed by atoms with van der Waals surface area (Å²) in [5, 5.41) is 18.4. The van der Waals surface area contributed by atoms with Gasteiger partial charge in [0.2, 0.25) is 0 Å². The number of anilines is 1. The van der Waals surface area contributed by atoms with Crippen LogP contribution in [0.2, 0.25) is 0 Å². The SMILES string of the molecule is CCCc1nn(-c2ccccc2)c([O-])c1C1=C([n+]2cc(C)cc(C)c2)C(=O)N(c2ccccc2F)C1=O. The van der Waals surface area contributed by atoms with Gasteiger partial charge in [-0.25, -0.2) is 14.0 Å². The molecule has 0 unspecified atom stereocenters. The topological polar surface area (TPSA) is 82.1 Å². The van der Waals surface area contributed by atoms with Crippen LogP contribution in [0.3, 0.4) is 0 Å². The number of benzene rings is 2. The quantitative estimate of drug-likeness (QED) is 0.300. The first kappa shape index (κ1) is 24.1. The van der Waals surface area contributed by atoms with Crippen LogP contribution in [0, 0.1) is 19.7 Å².